The number of aromatic nitrogens is 3. The first kappa shape index (κ1) is 15.3. The lowest BCUT2D eigenvalue weighted by atomic mass is 10.3. The zero-order valence-electron chi connectivity index (χ0n) is 12.1. The van der Waals surface area contributed by atoms with Gasteiger partial charge in [-0.05, 0) is 26.8 Å². The molecule has 5 nitrogen and oxygen atoms in total. The van der Waals surface area contributed by atoms with Gasteiger partial charge in [-0.3, -0.25) is 14.5 Å². The van der Waals surface area contributed by atoms with Gasteiger partial charge in [0.1, 0.15) is 5.69 Å². The van der Waals surface area contributed by atoms with Crippen molar-refractivity contribution in [3.8, 4) is 0 Å². The van der Waals surface area contributed by atoms with Gasteiger partial charge in [0.15, 0.2) is 10.8 Å². The molecule has 0 saturated heterocycles. The predicted octanol–water partition coefficient (Wildman–Crippen LogP) is 4.28. The standard InChI is InChI=1S/C14H12Cl2N4OS/c1-6-8(3)22-14(18-6)19-13(21)11-7(2)17-12-10(16)4-9(15)5-20(11)12/h4-5H,1-3H3,(H,18,19,21). The largest absolute Gasteiger partial charge is 0.296 e. The fraction of sp³-hybridized carbons (Fsp3) is 0.214. The number of fused-ring (bicyclic) bond motifs is 1. The van der Waals surface area contributed by atoms with Crippen LogP contribution >= 0.6 is 34.5 Å². The van der Waals surface area contributed by atoms with Gasteiger partial charge in [0, 0.05) is 11.1 Å². The Bertz CT molecular complexity index is 881. The molecule has 0 aliphatic rings. The second kappa shape index (κ2) is 5.53. The van der Waals surface area contributed by atoms with E-state index in [4.69, 9.17) is 23.2 Å². The van der Waals surface area contributed by atoms with Crippen molar-refractivity contribution >= 4 is 51.2 Å². The predicted molar refractivity (Wildman–Crippen MR) is 89.5 cm³/mol. The van der Waals surface area contributed by atoms with E-state index in [2.05, 4.69) is 15.3 Å². The lowest BCUT2D eigenvalue weighted by Crippen LogP contribution is -2.15. The molecule has 0 bridgehead atoms. The summed E-state index contributed by atoms with van der Waals surface area (Å²) in [4.78, 5) is 22.3. The van der Waals surface area contributed by atoms with Crippen LogP contribution in [0.1, 0.15) is 26.8 Å². The van der Waals surface area contributed by atoms with Gasteiger partial charge in [-0.25, -0.2) is 9.97 Å². The van der Waals surface area contributed by atoms with Gasteiger partial charge in [0.25, 0.3) is 5.91 Å². The Morgan fingerprint density at radius 3 is 2.59 bits per heavy atom. The minimum absolute atomic E-state index is 0.294. The minimum Gasteiger partial charge on any atom is -0.296 e. The third kappa shape index (κ3) is 2.58. The molecule has 8 heteroatoms. The highest BCUT2D eigenvalue weighted by Gasteiger charge is 2.20. The fourth-order valence-electron chi connectivity index (χ4n) is 2.14. The van der Waals surface area contributed by atoms with E-state index in [0.717, 1.165) is 10.6 Å². The van der Waals surface area contributed by atoms with Gasteiger partial charge in [0.2, 0.25) is 0 Å². The second-order valence-corrected chi connectivity index (χ2v) is 6.91. The smallest absolute Gasteiger partial charge is 0.276 e. The number of imidazole rings is 1. The average Bonchev–Trinajstić information content (AvgIpc) is 2.89. The monoisotopic (exact) mass is 354 g/mol. The molecule has 0 saturated carbocycles. The second-order valence-electron chi connectivity index (χ2n) is 4.86. The molecular weight excluding hydrogens is 343 g/mol. The van der Waals surface area contributed by atoms with Crippen molar-refractivity contribution in [2.75, 3.05) is 5.32 Å². The molecular formula is C14H12Cl2N4OS. The van der Waals surface area contributed by atoms with Gasteiger partial charge in [0.05, 0.1) is 21.4 Å². The molecule has 0 atom stereocenters. The number of pyridine rings is 1. The van der Waals surface area contributed by atoms with E-state index in [1.54, 1.807) is 23.6 Å². The van der Waals surface area contributed by atoms with Crippen LogP contribution in [0.5, 0.6) is 0 Å². The van der Waals surface area contributed by atoms with Crippen LogP contribution in [0.2, 0.25) is 10.0 Å². The number of carbonyl (C=O) groups is 1. The van der Waals surface area contributed by atoms with Crippen LogP contribution in [0.3, 0.4) is 0 Å². The van der Waals surface area contributed by atoms with E-state index in [-0.39, 0.29) is 5.91 Å². The van der Waals surface area contributed by atoms with Crippen LogP contribution in [-0.2, 0) is 0 Å². The Morgan fingerprint density at radius 1 is 1.23 bits per heavy atom. The third-order valence-corrected chi connectivity index (χ3v) is 4.75. The Kier molecular flexibility index (Phi) is 3.84. The van der Waals surface area contributed by atoms with Crippen molar-refractivity contribution in [2.45, 2.75) is 20.8 Å². The molecule has 3 rings (SSSR count). The first-order valence-electron chi connectivity index (χ1n) is 6.46. The number of anilines is 1. The summed E-state index contributed by atoms with van der Waals surface area (Å²) >= 11 is 13.6. The molecule has 0 aliphatic carbocycles. The lowest BCUT2D eigenvalue weighted by molar-refractivity contribution is 0.102. The van der Waals surface area contributed by atoms with Crippen LogP contribution in [0.25, 0.3) is 5.65 Å². The van der Waals surface area contributed by atoms with Crippen LogP contribution in [-0.4, -0.2) is 20.3 Å². The maximum Gasteiger partial charge on any atom is 0.276 e. The van der Waals surface area contributed by atoms with Crippen molar-refractivity contribution < 1.29 is 4.79 Å². The van der Waals surface area contributed by atoms with Crippen LogP contribution in [0, 0.1) is 20.8 Å². The molecule has 0 radical (unpaired) electrons. The first-order chi connectivity index (χ1) is 10.4. The third-order valence-electron chi connectivity index (χ3n) is 3.28. The van der Waals surface area contributed by atoms with E-state index in [1.165, 1.54) is 11.3 Å². The zero-order chi connectivity index (χ0) is 16.0. The molecule has 0 fully saturated rings. The number of nitrogens with one attached hydrogen (secondary N) is 1. The minimum atomic E-state index is -0.294. The summed E-state index contributed by atoms with van der Waals surface area (Å²) in [5, 5.41) is 4.19. The molecule has 0 aliphatic heterocycles. The summed E-state index contributed by atoms with van der Waals surface area (Å²) < 4.78 is 1.60. The SMILES string of the molecule is Cc1nc(NC(=O)c2c(C)nc3c(Cl)cc(Cl)cn23)sc1C. The van der Waals surface area contributed by atoms with Gasteiger partial charge in [-0.2, -0.15) is 0 Å². The molecule has 22 heavy (non-hydrogen) atoms. The number of thiazole rings is 1. The van der Waals surface area contributed by atoms with Crippen molar-refractivity contribution in [1.29, 1.82) is 0 Å². The molecule has 1 amide bonds. The molecule has 3 aromatic heterocycles. The summed E-state index contributed by atoms with van der Waals surface area (Å²) in [6.45, 7) is 5.62. The number of hydrogen-bond donors (Lipinski definition) is 1. The van der Waals surface area contributed by atoms with Gasteiger partial charge >= 0.3 is 0 Å². The van der Waals surface area contributed by atoms with Crippen molar-refractivity contribution in [1.82, 2.24) is 14.4 Å². The van der Waals surface area contributed by atoms with Crippen molar-refractivity contribution in [3.63, 3.8) is 0 Å². The van der Waals surface area contributed by atoms with E-state index < -0.39 is 0 Å². The number of carbonyl (C=O) groups excluding carboxylic acids is 1. The Labute approximate surface area is 140 Å². The Hall–Kier alpha value is -1.63. The highest BCUT2D eigenvalue weighted by Crippen LogP contribution is 2.26. The molecule has 114 valence electrons. The molecule has 1 N–H and O–H groups in total. The lowest BCUT2D eigenvalue weighted by Gasteiger charge is -2.04. The number of hydrogen-bond acceptors (Lipinski definition) is 4. The van der Waals surface area contributed by atoms with E-state index in [0.29, 0.717) is 32.2 Å². The Morgan fingerprint density at radius 2 is 1.95 bits per heavy atom. The van der Waals surface area contributed by atoms with E-state index in [1.807, 2.05) is 13.8 Å². The first-order valence-corrected chi connectivity index (χ1v) is 8.03. The molecule has 3 aromatic rings. The number of nitrogens with zero attached hydrogens (tertiary/aromatic N) is 3. The zero-order valence-corrected chi connectivity index (χ0v) is 14.4. The van der Waals surface area contributed by atoms with Crippen LogP contribution in [0.4, 0.5) is 5.13 Å². The molecule has 0 unspecified atom stereocenters. The van der Waals surface area contributed by atoms with E-state index >= 15 is 0 Å². The van der Waals surface area contributed by atoms with Crippen molar-refractivity contribution in [2.24, 2.45) is 0 Å². The quantitative estimate of drug-likeness (QED) is 0.747. The topological polar surface area (TPSA) is 59.3 Å². The Balaban J connectivity index is 2.05. The number of rotatable bonds is 2. The molecule has 0 spiro atoms. The fourth-order valence-corrected chi connectivity index (χ4v) is 3.47. The number of halogens is 2. The summed E-state index contributed by atoms with van der Waals surface area (Å²) in [6, 6.07) is 1.60. The molecule has 3 heterocycles. The molecule has 0 aromatic carbocycles. The highest BCUT2D eigenvalue weighted by molar-refractivity contribution is 7.15. The summed E-state index contributed by atoms with van der Waals surface area (Å²) in [6.07, 6.45) is 1.62. The normalized spacial score (nSPS) is 11.1. The highest BCUT2D eigenvalue weighted by atomic mass is 35.5. The summed E-state index contributed by atoms with van der Waals surface area (Å²) in [5.74, 6) is -0.294. The maximum absolute atomic E-state index is 12.6. The number of amides is 1. The van der Waals surface area contributed by atoms with Crippen LogP contribution in [0.15, 0.2) is 12.3 Å². The maximum atomic E-state index is 12.6. The average molecular weight is 355 g/mol. The van der Waals surface area contributed by atoms with Gasteiger partial charge < -0.3 is 0 Å². The van der Waals surface area contributed by atoms with Crippen molar-refractivity contribution in [3.05, 3.63) is 44.3 Å². The van der Waals surface area contributed by atoms with Gasteiger partial charge in [-0.1, -0.05) is 23.2 Å². The summed E-state index contributed by atoms with van der Waals surface area (Å²) in [7, 11) is 0. The number of aryl methyl sites for hydroxylation is 3. The summed E-state index contributed by atoms with van der Waals surface area (Å²) in [5.41, 5.74) is 2.37. The van der Waals surface area contributed by atoms with Crippen LogP contribution < -0.4 is 5.32 Å². The van der Waals surface area contributed by atoms with Gasteiger partial charge in [-0.15, -0.1) is 11.3 Å². The van der Waals surface area contributed by atoms with E-state index in [9.17, 15) is 4.79 Å².